The van der Waals surface area contributed by atoms with E-state index in [2.05, 4.69) is 43.2 Å². The normalized spacial score (nSPS) is 29.9. The number of ether oxygens (including phenoxy) is 2. The van der Waals surface area contributed by atoms with Gasteiger partial charge in [-0.25, -0.2) is 0 Å². The monoisotopic (exact) mass is 536 g/mol. The summed E-state index contributed by atoms with van der Waals surface area (Å²) in [6.45, 7) is 16.1. The van der Waals surface area contributed by atoms with Crippen molar-refractivity contribution >= 4 is 29.9 Å². The standard InChI is InChI=1S/C23H44N4O2.HI/c1-5-7-13-29-21-15-20(23(21,3)4)26-22(24-6-2)25-19-8-11-27(12-9-19)16-18-10-14-28-17-18;/h18-21H,5-17H2,1-4H3,(H2,24,25,26);1H. The van der Waals surface area contributed by atoms with Gasteiger partial charge in [0, 0.05) is 56.9 Å². The van der Waals surface area contributed by atoms with Crippen LogP contribution in [0.3, 0.4) is 0 Å². The van der Waals surface area contributed by atoms with E-state index in [1.807, 2.05) is 0 Å². The number of nitrogens with one attached hydrogen (secondary N) is 2. The minimum Gasteiger partial charge on any atom is -0.381 e. The van der Waals surface area contributed by atoms with Crippen LogP contribution in [0.15, 0.2) is 4.99 Å². The van der Waals surface area contributed by atoms with E-state index in [0.717, 1.165) is 51.1 Å². The molecule has 3 fully saturated rings. The third-order valence-corrected chi connectivity index (χ3v) is 7.09. The maximum Gasteiger partial charge on any atom is 0.191 e. The van der Waals surface area contributed by atoms with E-state index in [4.69, 9.17) is 14.5 Å². The van der Waals surface area contributed by atoms with Crippen molar-refractivity contribution in [3.8, 4) is 0 Å². The summed E-state index contributed by atoms with van der Waals surface area (Å²) in [6.07, 6.45) is 7.39. The average Bonchev–Trinajstić information content (AvgIpc) is 3.21. The number of halogens is 1. The Kier molecular flexibility index (Phi) is 11.1. The summed E-state index contributed by atoms with van der Waals surface area (Å²) in [7, 11) is 0. The number of piperidine rings is 1. The van der Waals surface area contributed by atoms with Gasteiger partial charge in [0.2, 0.25) is 0 Å². The van der Waals surface area contributed by atoms with E-state index in [9.17, 15) is 0 Å². The number of rotatable bonds is 9. The van der Waals surface area contributed by atoms with Crippen LogP contribution in [-0.4, -0.2) is 75.0 Å². The second-order valence-corrected chi connectivity index (χ2v) is 9.74. The minimum atomic E-state index is 0. The summed E-state index contributed by atoms with van der Waals surface area (Å²) in [5, 5.41) is 7.43. The Hall–Kier alpha value is -0.120. The number of nitrogens with zero attached hydrogens (tertiary/aromatic N) is 2. The van der Waals surface area contributed by atoms with Gasteiger partial charge in [0.25, 0.3) is 0 Å². The van der Waals surface area contributed by atoms with E-state index < -0.39 is 0 Å². The summed E-state index contributed by atoms with van der Waals surface area (Å²) in [4.78, 5) is 7.35. The molecule has 3 unspecified atom stereocenters. The number of hydrogen-bond donors (Lipinski definition) is 2. The summed E-state index contributed by atoms with van der Waals surface area (Å²) in [5.41, 5.74) is 0.149. The number of aliphatic imine (C=N–C) groups is 1. The molecule has 0 aromatic rings. The number of guanidine groups is 1. The molecule has 0 spiro atoms. The lowest BCUT2D eigenvalue weighted by molar-refractivity contribution is -0.113. The maximum absolute atomic E-state index is 6.11. The first-order valence-corrected chi connectivity index (χ1v) is 12.0. The van der Waals surface area contributed by atoms with Crippen molar-refractivity contribution in [2.45, 2.75) is 84.4 Å². The Morgan fingerprint density at radius 2 is 1.93 bits per heavy atom. The lowest BCUT2D eigenvalue weighted by Crippen LogP contribution is -2.64. The second-order valence-electron chi connectivity index (χ2n) is 9.74. The Balaban J connectivity index is 0.00000320. The molecule has 0 bridgehead atoms. The molecule has 0 radical (unpaired) electrons. The number of likely N-dealkylation sites (tertiary alicyclic amines) is 1. The molecule has 7 heteroatoms. The van der Waals surface area contributed by atoms with Gasteiger partial charge in [-0.05, 0) is 44.9 Å². The maximum atomic E-state index is 6.11. The highest BCUT2D eigenvalue weighted by molar-refractivity contribution is 14.0. The Bertz CT molecular complexity index is 517. The molecule has 30 heavy (non-hydrogen) atoms. The summed E-state index contributed by atoms with van der Waals surface area (Å²) < 4.78 is 11.6. The van der Waals surface area contributed by atoms with Crippen molar-refractivity contribution in [2.24, 2.45) is 16.3 Å². The smallest absolute Gasteiger partial charge is 0.191 e. The van der Waals surface area contributed by atoms with Gasteiger partial charge >= 0.3 is 0 Å². The zero-order chi connectivity index (χ0) is 20.7. The first kappa shape index (κ1) is 26.1. The lowest BCUT2D eigenvalue weighted by Gasteiger charge is -2.52. The first-order chi connectivity index (χ1) is 14.0. The fraction of sp³-hybridized carbons (Fsp3) is 0.957. The SMILES string of the molecule is CCCCOC1CC(NC(=NCC)NC2CCN(CC3CCOC3)CC2)C1(C)C.I. The van der Waals surface area contributed by atoms with Crippen molar-refractivity contribution in [1.82, 2.24) is 15.5 Å². The molecule has 3 rings (SSSR count). The van der Waals surface area contributed by atoms with Crippen LogP contribution in [0.1, 0.15) is 66.2 Å². The van der Waals surface area contributed by atoms with Crippen LogP contribution >= 0.6 is 24.0 Å². The molecule has 6 nitrogen and oxygen atoms in total. The zero-order valence-electron chi connectivity index (χ0n) is 19.6. The quantitative estimate of drug-likeness (QED) is 0.204. The number of unbranched alkanes of at least 4 members (excludes halogenated alkanes) is 1. The van der Waals surface area contributed by atoms with Crippen LogP contribution in [-0.2, 0) is 9.47 Å². The van der Waals surface area contributed by atoms with Gasteiger partial charge in [-0.3, -0.25) is 4.99 Å². The summed E-state index contributed by atoms with van der Waals surface area (Å²) in [6, 6.07) is 0.943. The number of hydrogen-bond acceptors (Lipinski definition) is 4. The molecule has 0 amide bonds. The van der Waals surface area contributed by atoms with Crippen LogP contribution in [0.4, 0.5) is 0 Å². The Morgan fingerprint density at radius 3 is 2.53 bits per heavy atom. The Morgan fingerprint density at radius 1 is 1.17 bits per heavy atom. The molecule has 0 aromatic heterocycles. The van der Waals surface area contributed by atoms with Crippen LogP contribution in [0.25, 0.3) is 0 Å². The molecule has 2 heterocycles. The van der Waals surface area contributed by atoms with E-state index in [0.29, 0.717) is 18.2 Å². The van der Waals surface area contributed by atoms with E-state index in [-0.39, 0.29) is 29.4 Å². The van der Waals surface area contributed by atoms with Gasteiger partial charge in [-0.15, -0.1) is 24.0 Å². The zero-order valence-corrected chi connectivity index (χ0v) is 22.0. The van der Waals surface area contributed by atoms with Gasteiger partial charge in [-0.1, -0.05) is 27.2 Å². The van der Waals surface area contributed by atoms with E-state index in [1.165, 1.54) is 45.3 Å². The Labute approximate surface area is 201 Å². The second kappa shape index (κ2) is 12.8. The van der Waals surface area contributed by atoms with Crippen molar-refractivity contribution in [2.75, 3.05) is 46.0 Å². The molecule has 1 aliphatic carbocycles. The molecule has 176 valence electrons. The molecule has 3 aliphatic rings. The summed E-state index contributed by atoms with van der Waals surface area (Å²) >= 11 is 0. The fourth-order valence-corrected chi connectivity index (χ4v) is 4.78. The predicted molar refractivity (Wildman–Crippen MR) is 135 cm³/mol. The molecule has 3 atom stereocenters. The molecular weight excluding hydrogens is 491 g/mol. The first-order valence-electron chi connectivity index (χ1n) is 12.0. The van der Waals surface area contributed by atoms with Crippen LogP contribution in [0.2, 0.25) is 0 Å². The van der Waals surface area contributed by atoms with E-state index >= 15 is 0 Å². The average molecular weight is 537 g/mol. The van der Waals surface area contributed by atoms with Crippen molar-refractivity contribution in [3.63, 3.8) is 0 Å². The van der Waals surface area contributed by atoms with E-state index in [1.54, 1.807) is 0 Å². The van der Waals surface area contributed by atoms with Gasteiger partial charge in [0.15, 0.2) is 5.96 Å². The highest BCUT2D eigenvalue weighted by Crippen LogP contribution is 2.42. The third-order valence-electron chi connectivity index (χ3n) is 7.09. The van der Waals surface area contributed by atoms with Gasteiger partial charge in [0.1, 0.15) is 0 Å². The van der Waals surface area contributed by atoms with Gasteiger partial charge in [-0.2, -0.15) is 0 Å². The topological polar surface area (TPSA) is 58.1 Å². The van der Waals surface area contributed by atoms with Crippen molar-refractivity contribution in [1.29, 1.82) is 0 Å². The molecule has 2 N–H and O–H groups in total. The van der Waals surface area contributed by atoms with Gasteiger partial charge < -0.3 is 25.0 Å². The van der Waals surface area contributed by atoms with Crippen molar-refractivity contribution < 1.29 is 9.47 Å². The highest BCUT2D eigenvalue weighted by atomic mass is 127. The molecule has 2 saturated heterocycles. The van der Waals surface area contributed by atoms with Crippen LogP contribution in [0.5, 0.6) is 0 Å². The largest absolute Gasteiger partial charge is 0.381 e. The predicted octanol–water partition coefficient (Wildman–Crippen LogP) is 3.64. The van der Waals surface area contributed by atoms with Crippen LogP contribution < -0.4 is 10.6 Å². The molecule has 1 saturated carbocycles. The third kappa shape index (κ3) is 7.20. The minimum absolute atomic E-state index is 0. The lowest BCUT2D eigenvalue weighted by atomic mass is 9.64. The molecule has 0 aromatic carbocycles. The fourth-order valence-electron chi connectivity index (χ4n) is 4.78. The van der Waals surface area contributed by atoms with Crippen LogP contribution in [0, 0.1) is 11.3 Å². The summed E-state index contributed by atoms with van der Waals surface area (Å²) in [5.74, 6) is 1.73. The van der Waals surface area contributed by atoms with Crippen molar-refractivity contribution in [3.05, 3.63) is 0 Å². The highest BCUT2D eigenvalue weighted by Gasteiger charge is 2.49. The van der Waals surface area contributed by atoms with Gasteiger partial charge in [0.05, 0.1) is 12.7 Å². The molecule has 2 aliphatic heterocycles. The molecular formula is C23H45IN4O2.